The van der Waals surface area contributed by atoms with Crippen LogP contribution in [0.3, 0.4) is 0 Å². The van der Waals surface area contributed by atoms with E-state index in [0.29, 0.717) is 13.1 Å². The second-order valence-corrected chi connectivity index (χ2v) is 5.36. The van der Waals surface area contributed by atoms with Crippen molar-refractivity contribution in [3.05, 3.63) is 52.9 Å². The highest BCUT2D eigenvalue weighted by Gasteiger charge is 2.22. The number of carbonyl (C=O) groups is 1. The van der Waals surface area contributed by atoms with Gasteiger partial charge < -0.3 is 9.64 Å². The highest BCUT2D eigenvalue weighted by atomic mass is 16.5. The summed E-state index contributed by atoms with van der Waals surface area (Å²) >= 11 is 0. The number of aromatic amines is 1. The Labute approximate surface area is 129 Å². The zero-order chi connectivity index (χ0) is 15.5. The van der Waals surface area contributed by atoms with Crippen LogP contribution in [0.2, 0.25) is 0 Å². The Morgan fingerprint density at radius 1 is 1.41 bits per heavy atom. The molecule has 22 heavy (non-hydrogen) atoms. The quantitative estimate of drug-likeness (QED) is 0.885. The van der Waals surface area contributed by atoms with Gasteiger partial charge in [-0.25, -0.2) is 0 Å². The summed E-state index contributed by atoms with van der Waals surface area (Å²) in [5.41, 5.74) is 4.16. The number of rotatable bonds is 3. The van der Waals surface area contributed by atoms with Crippen LogP contribution < -0.4 is 4.74 Å². The minimum Gasteiger partial charge on any atom is -0.496 e. The maximum atomic E-state index is 12.4. The number of nitrogens with one attached hydrogen (secondary N) is 1. The van der Waals surface area contributed by atoms with Crippen molar-refractivity contribution < 1.29 is 9.53 Å². The van der Waals surface area contributed by atoms with Gasteiger partial charge in [0.2, 0.25) is 5.91 Å². The maximum Gasteiger partial charge on any atom is 0.246 e. The molecule has 0 saturated carbocycles. The lowest BCUT2D eigenvalue weighted by Gasteiger charge is -2.25. The lowest BCUT2D eigenvalue weighted by molar-refractivity contribution is -0.126. The molecule has 114 valence electrons. The van der Waals surface area contributed by atoms with E-state index in [1.54, 1.807) is 19.3 Å². The highest BCUT2D eigenvalue weighted by molar-refractivity contribution is 5.92. The molecule has 0 bridgehead atoms. The van der Waals surface area contributed by atoms with Gasteiger partial charge in [0, 0.05) is 42.4 Å². The topological polar surface area (TPSA) is 58.2 Å². The number of aryl methyl sites for hydroxylation is 1. The Morgan fingerprint density at radius 2 is 2.23 bits per heavy atom. The van der Waals surface area contributed by atoms with Gasteiger partial charge in [-0.15, -0.1) is 0 Å². The van der Waals surface area contributed by atoms with Crippen molar-refractivity contribution in [2.24, 2.45) is 0 Å². The molecule has 0 aliphatic carbocycles. The summed E-state index contributed by atoms with van der Waals surface area (Å²) in [5.74, 6) is 0.773. The number of para-hydroxylation sites is 1. The first-order valence-electron chi connectivity index (χ1n) is 7.31. The van der Waals surface area contributed by atoms with Crippen LogP contribution in [0, 0.1) is 6.92 Å². The molecule has 5 heteroatoms. The predicted octanol–water partition coefficient (Wildman–Crippen LogP) is 2.32. The Morgan fingerprint density at radius 3 is 3.05 bits per heavy atom. The number of carbonyl (C=O) groups excluding carboxylic acids is 1. The highest BCUT2D eigenvalue weighted by Crippen LogP contribution is 2.21. The third-order valence-corrected chi connectivity index (χ3v) is 3.98. The minimum absolute atomic E-state index is 0.0113. The van der Waals surface area contributed by atoms with E-state index < -0.39 is 0 Å². The molecule has 1 aromatic carbocycles. The van der Waals surface area contributed by atoms with Crippen molar-refractivity contribution in [1.29, 1.82) is 0 Å². The third-order valence-electron chi connectivity index (χ3n) is 3.98. The van der Waals surface area contributed by atoms with Gasteiger partial charge in [0.25, 0.3) is 0 Å². The van der Waals surface area contributed by atoms with Gasteiger partial charge in [-0.2, -0.15) is 5.10 Å². The number of aromatic nitrogens is 2. The maximum absolute atomic E-state index is 12.4. The minimum atomic E-state index is 0.0113. The number of benzene rings is 1. The summed E-state index contributed by atoms with van der Waals surface area (Å²) in [6, 6.07) is 7.64. The van der Waals surface area contributed by atoms with E-state index >= 15 is 0 Å². The Balaban J connectivity index is 1.73. The second-order valence-electron chi connectivity index (χ2n) is 5.36. The van der Waals surface area contributed by atoms with Crippen molar-refractivity contribution in [1.82, 2.24) is 15.1 Å². The lowest BCUT2D eigenvalue weighted by Crippen LogP contribution is -2.34. The average molecular weight is 297 g/mol. The normalized spacial score (nSPS) is 14.2. The number of amides is 1. The number of methoxy groups -OCH3 is 1. The van der Waals surface area contributed by atoms with E-state index in [1.807, 2.05) is 36.1 Å². The molecule has 1 amide bonds. The van der Waals surface area contributed by atoms with Gasteiger partial charge in [0.1, 0.15) is 5.75 Å². The first-order valence-corrected chi connectivity index (χ1v) is 7.31. The zero-order valence-electron chi connectivity index (χ0n) is 12.8. The van der Waals surface area contributed by atoms with Gasteiger partial charge in [0.05, 0.1) is 12.8 Å². The molecule has 0 radical (unpaired) electrons. The fourth-order valence-electron chi connectivity index (χ4n) is 2.69. The van der Waals surface area contributed by atoms with Crippen LogP contribution in [-0.2, 0) is 17.8 Å². The molecule has 3 rings (SSSR count). The fraction of sp³-hybridized carbons (Fsp3) is 0.294. The summed E-state index contributed by atoms with van der Waals surface area (Å²) in [6.07, 6.45) is 4.21. The molecular formula is C17H19N3O2. The van der Waals surface area contributed by atoms with E-state index in [0.717, 1.165) is 34.7 Å². The molecule has 0 atom stereocenters. The second kappa shape index (κ2) is 6.05. The summed E-state index contributed by atoms with van der Waals surface area (Å²) in [4.78, 5) is 14.2. The van der Waals surface area contributed by atoms with Crippen molar-refractivity contribution in [3.63, 3.8) is 0 Å². The van der Waals surface area contributed by atoms with Crippen LogP contribution >= 0.6 is 0 Å². The largest absolute Gasteiger partial charge is 0.496 e. The Hall–Kier alpha value is -2.56. The summed E-state index contributed by atoms with van der Waals surface area (Å²) in [7, 11) is 1.63. The predicted molar refractivity (Wildman–Crippen MR) is 84.5 cm³/mol. The molecule has 5 nitrogen and oxygen atoms in total. The fourth-order valence-corrected chi connectivity index (χ4v) is 2.69. The standard InChI is InChI=1S/C17H19N3O2/c1-12-14-11-20(10-9-15(14)19-18-12)17(21)8-7-13-5-3-4-6-16(13)22-2/h3-8H,9-11H2,1-2H3,(H,18,19)/b8-7+. The average Bonchev–Trinajstić information content (AvgIpc) is 2.93. The SMILES string of the molecule is COc1ccccc1/C=C/C(=O)N1CCc2n[nH]c(C)c2C1. The number of fused-ring (bicyclic) bond motifs is 1. The molecule has 0 spiro atoms. The summed E-state index contributed by atoms with van der Waals surface area (Å²) in [5, 5.41) is 7.26. The number of hydrogen-bond acceptors (Lipinski definition) is 3. The van der Waals surface area contributed by atoms with E-state index in [2.05, 4.69) is 10.2 Å². The molecular weight excluding hydrogens is 278 g/mol. The Kier molecular flexibility index (Phi) is 3.96. The molecule has 1 aromatic heterocycles. The number of ether oxygens (including phenoxy) is 1. The zero-order valence-corrected chi connectivity index (χ0v) is 12.8. The first kappa shape index (κ1) is 14.4. The molecule has 0 fully saturated rings. The van der Waals surface area contributed by atoms with Crippen LogP contribution in [0.15, 0.2) is 30.3 Å². The van der Waals surface area contributed by atoms with E-state index in [9.17, 15) is 4.79 Å². The van der Waals surface area contributed by atoms with Crippen LogP contribution in [0.4, 0.5) is 0 Å². The molecule has 2 heterocycles. The molecule has 0 saturated heterocycles. The van der Waals surface area contributed by atoms with Crippen molar-refractivity contribution in [3.8, 4) is 5.75 Å². The van der Waals surface area contributed by atoms with E-state index in [4.69, 9.17) is 4.74 Å². The monoisotopic (exact) mass is 297 g/mol. The van der Waals surface area contributed by atoms with Crippen LogP contribution in [0.5, 0.6) is 5.75 Å². The van der Waals surface area contributed by atoms with E-state index in [1.165, 1.54) is 0 Å². The lowest BCUT2D eigenvalue weighted by atomic mass is 10.1. The molecule has 1 aliphatic heterocycles. The van der Waals surface area contributed by atoms with Gasteiger partial charge in [-0.05, 0) is 19.1 Å². The van der Waals surface area contributed by atoms with Crippen molar-refractivity contribution in [2.75, 3.05) is 13.7 Å². The van der Waals surface area contributed by atoms with Gasteiger partial charge in [0.15, 0.2) is 0 Å². The summed E-state index contributed by atoms with van der Waals surface area (Å²) in [6.45, 7) is 3.31. The molecule has 2 aromatic rings. The summed E-state index contributed by atoms with van der Waals surface area (Å²) < 4.78 is 5.29. The third kappa shape index (κ3) is 2.74. The number of H-pyrrole nitrogens is 1. The van der Waals surface area contributed by atoms with Crippen molar-refractivity contribution in [2.45, 2.75) is 19.9 Å². The first-order chi connectivity index (χ1) is 10.7. The van der Waals surface area contributed by atoms with Crippen LogP contribution in [0.25, 0.3) is 6.08 Å². The molecule has 0 unspecified atom stereocenters. The van der Waals surface area contributed by atoms with Gasteiger partial charge in [-0.3, -0.25) is 9.89 Å². The molecule has 1 N–H and O–H groups in total. The number of hydrogen-bond donors (Lipinski definition) is 1. The van der Waals surface area contributed by atoms with Crippen LogP contribution in [-0.4, -0.2) is 34.7 Å². The van der Waals surface area contributed by atoms with Crippen molar-refractivity contribution >= 4 is 12.0 Å². The van der Waals surface area contributed by atoms with Gasteiger partial charge >= 0.3 is 0 Å². The van der Waals surface area contributed by atoms with Gasteiger partial charge in [-0.1, -0.05) is 18.2 Å². The van der Waals surface area contributed by atoms with Crippen LogP contribution in [0.1, 0.15) is 22.5 Å². The molecule has 1 aliphatic rings. The number of nitrogens with zero attached hydrogens (tertiary/aromatic N) is 2. The smallest absolute Gasteiger partial charge is 0.246 e. The van der Waals surface area contributed by atoms with E-state index in [-0.39, 0.29) is 5.91 Å². The Bertz CT molecular complexity index is 718.